The summed E-state index contributed by atoms with van der Waals surface area (Å²) in [6.45, 7) is 10.9. The van der Waals surface area contributed by atoms with E-state index in [0.29, 0.717) is 11.3 Å². The van der Waals surface area contributed by atoms with Crippen LogP contribution < -0.4 is 14.8 Å². The van der Waals surface area contributed by atoms with E-state index in [1.807, 2.05) is 27.7 Å². The van der Waals surface area contributed by atoms with E-state index in [1.165, 1.54) is 20.2 Å². The zero-order chi connectivity index (χ0) is 27.6. The van der Waals surface area contributed by atoms with Gasteiger partial charge in [-0.2, -0.15) is 0 Å². The highest BCUT2D eigenvalue weighted by molar-refractivity contribution is 7.92. The first-order valence-electron chi connectivity index (χ1n) is 11.3. The first-order chi connectivity index (χ1) is 17.0. The van der Waals surface area contributed by atoms with Gasteiger partial charge in [0.05, 0.1) is 30.0 Å². The number of anilines is 1. The molecule has 0 unspecified atom stereocenters. The van der Waals surface area contributed by atoms with Crippen LogP contribution in [0.3, 0.4) is 0 Å². The molecule has 8 nitrogen and oxygen atoms in total. The van der Waals surface area contributed by atoms with Gasteiger partial charge in [0.1, 0.15) is 11.9 Å². The number of carbonyl (C=O) groups is 1. The molecule has 1 aromatic heterocycles. The molecule has 36 heavy (non-hydrogen) atoms. The maximum absolute atomic E-state index is 15.2. The molecule has 2 N–H and O–H groups in total. The monoisotopic (exact) mass is 547 g/mol. The van der Waals surface area contributed by atoms with Gasteiger partial charge in [0.2, 0.25) is 5.88 Å². The van der Waals surface area contributed by atoms with Crippen LogP contribution in [-0.2, 0) is 19.6 Å². The van der Waals surface area contributed by atoms with E-state index in [2.05, 4.69) is 15.0 Å². The molecule has 1 aliphatic heterocycles. The van der Waals surface area contributed by atoms with Crippen LogP contribution in [0.1, 0.15) is 53.2 Å². The van der Waals surface area contributed by atoms with Gasteiger partial charge in [-0.05, 0) is 32.0 Å². The predicted molar refractivity (Wildman–Crippen MR) is 136 cm³/mol. The fourth-order valence-corrected chi connectivity index (χ4v) is 4.47. The van der Waals surface area contributed by atoms with Crippen molar-refractivity contribution in [3.05, 3.63) is 57.9 Å². The van der Waals surface area contributed by atoms with Gasteiger partial charge in [-0.25, -0.2) is 22.2 Å². The zero-order valence-electron chi connectivity index (χ0n) is 21.3. The number of allylic oxidation sites excluding steroid dienone is 1. The summed E-state index contributed by atoms with van der Waals surface area (Å²) in [5, 5.41) is 2.97. The van der Waals surface area contributed by atoms with E-state index in [9.17, 15) is 17.6 Å². The highest BCUT2D eigenvalue weighted by Crippen LogP contribution is 2.33. The fraction of sp³-hybridized carbons (Fsp3) is 0.417. The molecule has 1 aromatic carbocycles. The van der Waals surface area contributed by atoms with Crippen molar-refractivity contribution in [1.29, 1.82) is 0 Å². The molecule has 1 aliphatic rings. The molecule has 0 bridgehead atoms. The van der Waals surface area contributed by atoms with Gasteiger partial charge in [0.15, 0.2) is 16.5 Å². The van der Waals surface area contributed by atoms with Crippen LogP contribution >= 0.6 is 11.6 Å². The number of ether oxygens (including phenoxy) is 2. The van der Waals surface area contributed by atoms with Crippen molar-refractivity contribution in [2.75, 3.05) is 25.0 Å². The number of sulfonamides is 1. The molecule has 1 atom stereocenters. The fourth-order valence-electron chi connectivity index (χ4n) is 3.05. The largest absolute Gasteiger partial charge is 0.480 e. The summed E-state index contributed by atoms with van der Waals surface area (Å²) < 4.78 is 67.9. The van der Waals surface area contributed by atoms with Gasteiger partial charge >= 0.3 is 0 Å². The molecule has 2 aromatic rings. The van der Waals surface area contributed by atoms with Crippen molar-refractivity contribution in [3.8, 4) is 5.88 Å². The van der Waals surface area contributed by atoms with Crippen molar-refractivity contribution in [2.24, 2.45) is 0 Å². The Bertz CT molecular complexity index is 1200. The normalized spacial score (nSPS) is 16.3. The topological polar surface area (TPSA) is 107 Å². The lowest BCUT2D eigenvalue weighted by molar-refractivity contribution is -0.113. The van der Waals surface area contributed by atoms with Crippen LogP contribution in [0.15, 0.2) is 40.6 Å². The second-order valence-corrected chi connectivity index (χ2v) is 9.02. The molecule has 0 amide bonds. The minimum absolute atomic E-state index is 0.0178. The van der Waals surface area contributed by atoms with Crippen LogP contribution in [-0.4, -0.2) is 39.4 Å². The average molecular weight is 548 g/mol. The Morgan fingerprint density at radius 3 is 2.39 bits per heavy atom. The summed E-state index contributed by atoms with van der Waals surface area (Å²) in [6.07, 6.45) is 0.144. The Morgan fingerprint density at radius 2 is 1.86 bits per heavy atom. The number of benzene rings is 1. The number of hydrogen-bond acceptors (Lipinski definition) is 7. The minimum atomic E-state index is -4.38. The molecule has 1 fully saturated rings. The predicted octanol–water partition coefficient (Wildman–Crippen LogP) is 5.40. The van der Waals surface area contributed by atoms with Crippen molar-refractivity contribution in [3.63, 3.8) is 0 Å². The first kappa shape index (κ1) is 31.3. The molecular weight excluding hydrogens is 516 g/mol. The highest BCUT2D eigenvalue weighted by Gasteiger charge is 2.29. The van der Waals surface area contributed by atoms with Crippen LogP contribution in [0.25, 0.3) is 0 Å². The van der Waals surface area contributed by atoms with Crippen molar-refractivity contribution in [1.82, 2.24) is 10.3 Å². The number of morpholine rings is 1. The Morgan fingerprint density at radius 1 is 1.22 bits per heavy atom. The van der Waals surface area contributed by atoms with Gasteiger partial charge in [0, 0.05) is 24.0 Å². The van der Waals surface area contributed by atoms with Gasteiger partial charge < -0.3 is 14.8 Å². The standard InChI is InChI=1S/C20H20ClF2N3O5S.2C2H6/c1-10(11(2)27)15-9-31-16(8-24-15)18-13(22)4-5-14(19(18)23)26-32(28,29)17-6-12(21)7-25-20(17)30-3;2*1-2/h4-7,16,24,26H,8-9H2,1-3H3;2*1-2H3/b15-10+;;/t16-;;/m1../s1. The van der Waals surface area contributed by atoms with E-state index < -0.39 is 43.9 Å². The van der Waals surface area contributed by atoms with Gasteiger partial charge in [-0.3, -0.25) is 9.52 Å². The molecule has 0 spiro atoms. The number of ketones is 1. The van der Waals surface area contributed by atoms with Crippen molar-refractivity contribution in [2.45, 2.75) is 52.5 Å². The quantitative estimate of drug-likeness (QED) is 0.466. The van der Waals surface area contributed by atoms with Gasteiger partial charge in [-0.1, -0.05) is 39.3 Å². The third kappa shape index (κ3) is 7.37. The smallest absolute Gasteiger partial charge is 0.267 e. The Labute approximate surface area is 216 Å². The van der Waals surface area contributed by atoms with Crippen molar-refractivity contribution >= 4 is 33.1 Å². The third-order valence-corrected chi connectivity index (χ3v) is 6.44. The maximum atomic E-state index is 15.2. The van der Waals surface area contributed by atoms with E-state index in [0.717, 1.165) is 18.2 Å². The molecule has 3 rings (SSSR count). The van der Waals surface area contributed by atoms with Crippen LogP contribution in [0, 0.1) is 11.6 Å². The summed E-state index contributed by atoms with van der Waals surface area (Å²) in [5.74, 6) is -2.45. The number of aromatic nitrogens is 1. The summed E-state index contributed by atoms with van der Waals surface area (Å²) in [6, 6.07) is 2.98. The van der Waals surface area contributed by atoms with Gasteiger partial charge in [-0.15, -0.1) is 0 Å². The highest BCUT2D eigenvalue weighted by atomic mass is 35.5. The number of nitrogens with zero attached hydrogens (tertiary/aromatic N) is 1. The van der Waals surface area contributed by atoms with Crippen LogP contribution in [0.2, 0.25) is 5.02 Å². The Hall–Kier alpha value is -2.76. The molecule has 0 aliphatic carbocycles. The Balaban J connectivity index is 0.00000154. The van der Waals surface area contributed by atoms with Crippen molar-refractivity contribution < 1.29 is 31.5 Å². The third-order valence-electron chi connectivity index (χ3n) is 4.87. The van der Waals surface area contributed by atoms with Crippen LogP contribution in [0.4, 0.5) is 14.5 Å². The molecule has 0 saturated carbocycles. The number of methoxy groups -OCH3 is 1. The van der Waals surface area contributed by atoms with Gasteiger partial charge in [0.25, 0.3) is 10.0 Å². The van der Waals surface area contributed by atoms with E-state index in [4.69, 9.17) is 21.1 Å². The second kappa shape index (κ2) is 14.1. The van der Waals surface area contributed by atoms with E-state index in [1.54, 1.807) is 6.92 Å². The number of hydrogen-bond donors (Lipinski definition) is 2. The number of rotatable bonds is 6. The summed E-state index contributed by atoms with van der Waals surface area (Å²) >= 11 is 5.83. The summed E-state index contributed by atoms with van der Waals surface area (Å²) in [4.78, 5) is 14.9. The minimum Gasteiger partial charge on any atom is -0.480 e. The SMILES string of the molecule is CC.CC.COc1ncc(Cl)cc1S(=O)(=O)Nc1ccc(F)c([C@H]2CN/C(=C(\C)C(C)=O)CO2)c1F. The number of carbonyl (C=O) groups excluding carboxylic acids is 1. The summed E-state index contributed by atoms with van der Waals surface area (Å²) in [5.41, 5.74) is 0.0312. The average Bonchev–Trinajstić information content (AvgIpc) is 2.88. The molecule has 200 valence electrons. The lowest BCUT2D eigenvalue weighted by atomic mass is 10.0. The lowest BCUT2D eigenvalue weighted by Gasteiger charge is -2.28. The first-order valence-corrected chi connectivity index (χ1v) is 13.2. The van der Waals surface area contributed by atoms with E-state index >= 15 is 4.39 Å². The lowest BCUT2D eigenvalue weighted by Crippen LogP contribution is -2.34. The number of halogens is 3. The number of pyridine rings is 1. The van der Waals surface area contributed by atoms with Crippen LogP contribution in [0.5, 0.6) is 5.88 Å². The van der Waals surface area contributed by atoms with E-state index in [-0.39, 0.29) is 29.8 Å². The molecule has 2 heterocycles. The second-order valence-electron chi connectivity index (χ2n) is 6.93. The molecule has 12 heteroatoms. The summed E-state index contributed by atoms with van der Waals surface area (Å²) in [7, 11) is -3.16. The molecular formula is C24H32ClF2N3O5S. The molecule has 0 radical (unpaired) electrons. The molecule has 1 saturated heterocycles. The number of Topliss-reactive ketones (excluding diaryl/α,β-unsaturated/α-hetero) is 1. The maximum Gasteiger partial charge on any atom is 0.267 e. The number of nitrogens with one attached hydrogen (secondary N) is 2. The zero-order valence-corrected chi connectivity index (χ0v) is 22.9. The Kier molecular flexibility index (Phi) is 12.2.